The first-order valence-electron chi connectivity index (χ1n) is 7.16. The fourth-order valence-corrected chi connectivity index (χ4v) is 3.28. The molecule has 0 saturated carbocycles. The molecule has 0 fully saturated rings. The molecule has 0 aliphatic rings. The molecule has 11 heteroatoms. The van der Waals surface area contributed by atoms with E-state index in [9.17, 15) is 18.5 Å². The Morgan fingerprint density at radius 3 is 2.71 bits per heavy atom. The number of hydrogen-bond donors (Lipinski definition) is 2. The fourth-order valence-electron chi connectivity index (χ4n) is 2.01. The molecule has 0 aliphatic carbocycles. The lowest BCUT2D eigenvalue weighted by molar-refractivity contribution is -0.384. The van der Waals surface area contributed by atoms with Gasteiger partial charge in [-0.2, -0.15) is 5.10 Å². The van der Waals surface area contributed by atoms with E-state index in [1.807, 2.05) is 0 Å². The van der Waals surface area contributed by atoms with Gasteiger partial charge in [0.2, 0.25) is 10.0 Å². The van der Waals surface area contributed by atoms with E-state index in [1.54, 1.807) is 18.5 Å². The zero-order valence-corrected chi connectivity index (χ0v) is 14.0. The van der Waals surface area contributed by atoms with Gasteiger partial charge in [0.15, 0.2) is 0 Å². The van der Waals surface area contributed by atoms with Gasteiger partial charge >= 0.3 is 0 Å². The van der Waals surface area contributed by atoms with Crippen molar-refractivity contribution < 1.29 is 13.3 Å². The summed E-state index contributed by atoms with van der Waals surface area (Å²) in [5.74, 6) is 0. The van der Waals surface area contributed by atoms with Gasteiger partial charge in [0.1, 0.15) is 18.3 Å². The summed E-state index contributed by atoms with van der Waals surface area (Å²) in [5.41, 5.74) is -0.0659. The van der Waals surface area contributed by atoms with E-state index in [2.05, 4.69) is 20.1 Å². The lowest BCUT2D eigenvalue weighted by Gasteiger charge is -2.11. The maximum absolute atomic E-state index is 12.1. The Hall–Kier alpha value is -2.53. The zero-order chi connectivity index (χ0) is 17.7. The number of nitro groups is 1. The third kappa shape index (κ3) is 4.49. The molecule has 0 amide bonds. The highest BCUT2D eigenvalue weighted by atomic mass is 32.2. The van der Waals surface area contributed by atoms with Gasteiger partial charge in [-0.1, -0.05) is 0 Å². The average Bonchev–Trinajstić information content (AvgIpc) is 2.99. The monoisotopic (exact) mass is 354 g/mol. The molecular formula is C13H18N6O4S. The van der Waals surface area contributed by atoms with E-state index in [0.29, 0.717) is 13.1 Å². The molecule has 0 aliphatic heterocycles. The highest BCUT2D eigenvalue weighted by molar-refractivity contribution is 7.89. The van der Waals surface area contributed by atoms with Crippen LogP contribution in [0.5, 0.6) is 0 Å². The quantitative estimate of drug-likeness (QED) is 0.533. The van der Waals surface area contributed by atoms with Gasteiger partial charge in [-0.05, 0) is 26.0 Å². The number of nitrogens with one attached hydrogen (secondary N) is 2. The minimum absolute atomic E-state index is 0.148. The molecule has 1 aromatic heterocycles. The minimum Gasteiger partial charge on any atom is -0.378 e. The SMILES string of the molecule is CC(C)NS(=O)(=O)c1ccc(NCCn2cncn2)c([N+](=O)[O-])c1. The molecule has 1 aromatic carbocycles. The largest absolute Gasteiger partial charge is 0.378 e. The summed E-state index contributed by atoms with van der Waals surface area (Å²) in [7, 11) is -3.79. The Labute approximate surface area is 139 Å². The zero-order valence-electron chi connectivity index (χ0n) is 13.2. The lowest BCUT2D eigenvalue weighted by atomic mass is 10.2. The standard InChI is InChI=1S/C13H18N6O4S/c1-10(2)17-24(22,23)11-3-4-12(13(7-11)19(20)21)15-5-6-18-9-14-8-16-18/h3-4,7-10,15,17H,5-6H2,1-2H3. The van der Waals surface area contributed by atoms with Gasteiger partial charge in [0.25, 0.3) is 5.69 Å². The summed E-state index contributed by atoms with van der Waals surface area (Å²) in [6.45, 7) is 4.19. The van der Waals surface area contributed by atoms with Crippen LogP contribution in [0.3, 0.4) is 0 Å². The second-order valence-corrected chi connectivity index (χ2v) is 7.01. The Morgan fingerprint density at radius 2 is 2.12 bits per heavy atom. The van der Waals surface area contributed by atoms with E-state index >= 15 is 0 Å². The van der Waals surface area contributed by atoms with E-state index in [-0.39, 0.29) is 22.3 Å². The van der Waals surface area contributed by atoms with Crippen molar-refractivity contribution in [2.45, 2.75) is 31.3 Å². The normalized spacial score (nSPS) is 11.6. The van der Waals surface area contributed by atoms with Gasteiger partial charge in [0.05, 0.1) is 16.4 Å². The summed E-state index contributed by atoms with van der Waals surface area (Å²) < 4.78 is 28.2. The number of anilines is 1. The van der Waals surface area contributed by atoms with Crippen molar-refractivity contribution in [3.05, 3.63) is 41.0 Å². The van der Waals surface area contributed by atoms with E-state index in [1.165, 1.54) is 24.8 Å². The number of sulfonamides is 1. The van der Waals surface area contributed by atoms with Crippen LogP contribution in [0.2, 0.25) is 0 Å². The smallest absolute Gasteiger partial charge is 0.293 e. The number of hydrogen-bond acceptors (Lipinski definition) is 7. The molecule has 2 N–H and O–H groups in total. The van der Waals surface area contributed by atoms with Crippen LogP contribution in [-0.4, -0.2) is 40.7 Å². The number of nitrogens with zero attached hydrogens (tertiary/aromatic N) is 4. The van der Waals surface area contributed by atoms with Crippen LogP contribution in [-0.2, 0) is 16.6 Å². The Kier molecular flexibility index (Phi) is 5.46. The highest BCUT2D eigenvalue weighted by Crippen LogP contribution is 2.27. The number of rotatable bonds is 8. The molecular weight excluding hydrogens is 336 g/mol. The molecule has 0 bridgehead atoms. The van der Waals surface area contributed by atoms with Gasteiger partial charge in [-0.25, -0.2) is 18.1 Å². The van der Waals surface area contributed by atoms with Crippen molar-refractivity contribution in [2.24, 2.45) is 0 Å². The molecule has 2 aromatic rings. The predicted molar refractivity (Wildman–Crippen MR) is 87.1 cm³/mol. The maximum Gasteiger partial charge on any atom is 0.293 e. The van der Waals surface area contributed by atoms with Crippen LogP contribution in [0.4, 0.5) is 11.4 Å². The van der Waals surface area contributed by atoms with Crippen molar-refractivity contribution in [2.75, 3.05) is 11.9 Å². The molecule has 1 heterocycles. The minimum atomic E-state index is -3.79. The maximum atomic E-state index is 12.1. The highest BCUT2D eigenvalue weighted by Gasteiger charge is 2.21. The number of aromatic nitrogens is 3. The summed E-state index contributed by atoms with van der Waals surface area (Å²) >= 11 is 0. The van der Waals surface area contributed by atoms with Gasteiger partial charge in [-0.3, -0.25) is 14.8 Å². The lowest BCUT2D eigenvalue weighted by Crippen LogP contribution is -2.30. The van der Waals surface area contributed by atoms with Crippen molar-refractivity contribution >= 4 is 21.4 Å². The molecule has 130 valence electrons. The van der Waals surface area contributed by atoms with E-state index in [4.69, 9.17) is 0 Å². The van der Waals surface area contributed by atoms with Gasteiger partial charge in [-0.15, -0.1) is 0 Å². The second kappa shape index (κ2) is 7.36. The van der Waals surface area contributed by atoms with Crippen LogP contribution in [0.25, 0.3) is 0 Å². The van der Waals surface area contributed by atoms with Crippen LogP contribution in [0, 0.1) is 10.1 Å². The van der Waals surface area contributed by atoms with Crippen LogP contribution < -0.4 is 10.0 Å². The average molecular weight is 354 g/mol. The Bertz CT molecular complexity index is 804. The summed E-state index contributed by atoms with van der Waals surface area (Å²) in [4.78, 5) is 14.3. The number of nitro benzene ring substituents is 1. The Balaban J connectivity index is 2.19. The first-order chi connectivity index (χ1) is 11.3. The molecule has 24 heavy (non-hydrogen) atoms. The summed E-state index contributed by atoms with van der Waals surface area (Å²) in [6.07, 6.45) is 2.92. The van der Waals surface area contributed by atoms with Crippen molar-refractivity contribution in [3.8, 4) is 0 Å². The van der Waals surface area contributed by atoms with Crippen molar-refractivity contribution in [1.29, 1.82) is 0 Å². The molecule has 0 radical (unpaired) electrons. The summed E-state index contributed by atoms with van der Waals surface area (Å²) in [5, 5.41) is 18.1. The van der Waals surface area contributed by atoms with E-state index < -0.39 is 14.9 Å². The van der Waals surface area contributed by atoms with E-state index in [0.717, 1.165) is 6.07 Å². The van der Waals surface area contributed by atoms with Crippen LogP contribution in [0.15, 0.2) is 35.7 Å². The van der Waals surface area contributed by atoms with Crippen molar-refractivity contribution in [1.82, 2.24) is 19.5 Å². The van der Waals surface area contributed by atoms with Crippen LogP contribution in [0.1, 0.15) is 13.8 Å². The first-order valence-corrected chi connectivity index (χ1v) is 8.65. The van der Waals surface area contributed by atoms with Crippen LogP contribution >= 0.6 is 0 Å². The molecule has 10 nitrogen and oxygen atoms in total. The topological polar surface area (TPSA) is 132 Å². The first kappa shape index (κ1) is 17.8. The predicted octanol–water partition coefficient (Wildman–Crippen LogP) is 0.985. The molecule has 0 saturated heterocycles. The fraction of sp³-hybridized carbons (Fsp3) is 0.385. The third-order valence-corrected chi connectivity index (χ3v) is 4.65. The molecule has 2 rings (SSSR count). The summed E-state index contributed by atoms with van der Waals surface area (Å²) in [6, 6.07) is 3.45. The Morgan fingerprint density at radius 1 is 1.38 bits per heavy atom. The second-order valence-electron chi connectivity index (χ2n) is 5.30. The van der Waals surface area contributed by atoms with Gasteiger partial charge < -0.3 is 5.32 Å². The van der Waals surface area contributed by atoms with Gasteiger partial charge in [0, 0.05) is 18.7 Å². The molecule has 0 unspecified atom stereocenters. The van der Waals surface area contributed by atoms with Crippen molar-refractivity contribution in [3.63, 3.8) is 0 Å². The third-order valence-electron chi connectivity index (χ3n) is 2.99. The molecule has 0 atom stereocenters. The molecule has 0 spiro atoms. The number of benzene rings is 1.